The van der Waals surface area contributed by atoms with Gasteiger partial charge in [0.25, 0.3) is 0 Å². The van der Waals surface area contributed by atoms with E-state index in [1.54, 1.807) is 6.92 Å². The van der Waals surface area contributed by atoms with Gasteiger partial charge in [-0.15, -0.1) is 0 Å². The first-order chi connectivity index (χ1) is 10.8. The number of alkyl halides is 3. The Morgan fingerprint density at radius 1 is 1.35 bits per heavy atom. The number of hydrogen-bond donors (Lipinski definition) is 2. The van der Waals surface area contributed by atoms with Gasteiger partial charge in [0.15, 0.2) is 0 Å². The minimum atomic E-state index is -4.35. The number of amides is 2. The fourth-order valence-electron chi connectivity index (χ4n) is 2.48. The van der Waals surface area contributed by atoms with Gasteiger partial charge in [0.2, 0.25) is 11.8 Å². The Labute approximate surface area is 132 Å². The number of benzene rings is 1. The standard InChI is InChI=1S/C16H19F3N2O2/c1-10(15(23)21-13-6-7-14(22)20-9-13)8-11-2-4-12(5-3-11)16(17,18)19/h2-5,10,13H,6-9H2,1H3,(H,20,22)(H,21,23)/t10-,13+/m0/s1. The molecule has 2 rings (SSSR count). The van der Waals surface area contributed by atoms with Crippen LogP contribution in [-0.2, 0) is 22.2 Å². The quantitative estimate of drug-likeness (QED) is 0.891. The summed E-state index contributed by atoms with van der Waals surface area (Å²) in [4.78, 5) is 23.2. The molecule has 0 saturated carbocycles. The predicted octanol–water partition coefficient (Wildman–Crippen LogP) is 2.28. The van der Waals surface area contributed by atoms with E-state index < -0.39 is 11.7 Å². The number of carbonyl (C=O) groups excluding carboxylic acids is 2. The average Bonchev–Trinajstić information content (AvgIpc) is 2.49. The van der Waals surface area contributed by atoms with Crippen LogP contribution in [0.25, 0.3) is 0 Å². The molecule has 1 heterocycles. The highest BCUT2D eigenvalue weighted by Crippen LogP contribution is 2.29. The molecule has 1 aliphatic heterocycles. The highest BCUT2D eigenvalue weighted by Gasteiger charge is 2.30. The Balaban J connectivity index is 1.87. The zero-order valence-electron chi connectivity index (χ0n) is 12.7. The van der Waals surface area contributed by atoms with Crippen LogP contribution in [0, 0.1) is 5.92 Å². The third kappa shape index (κ3) is 4.97. The van der Waals surface area contributed by atoms with E-state index in [0.29, 0.717) is 31.4 Å². The summed E-state index contributed by atoms with van der Waals surface area (Å²) in [6.45, 7) is 2.14. The van der Waals surface area contributed by atoms with E-state index in [0.717, 1.165) is 12.1 Å². The molecular formula is C16H19F3N2O2. The number of piperidine rings is 1. The van der Waals surface area contributed by atoms with Crippen molar-refractivity contribution in [3.8, 4) is 0 Å². The number of nitrogens with one attached hydrogen (secondary N) is 2. The van der Waals surface area contributed by atoms with Gasteiger partial charge in [-0.25, -0.2) is 0 Å². The summed E-state index contributed by atoms with van der Waals surface area (Å²) in [7, 11) is 0. The van der Waals surface area contributed by atoms with Crippen molar-refractivity contribution in [1.29, 1.82) is 0 Å². The lowest BCUT2D eigenvalue weighted by Crippen LogP contribution is -2.49. The van der Waals surface area contributed by atoms with E-state index in [-0.39, 0.29) is 23.8 Å². The predicted molar refractivity (Wildman–Crippen MR) is 78.5 cm³/mol. The van der Waals surface area contributed by atoms with Crippen LogP contribution >= 0.6 is 0 Å². The summed E-state index contributed by atoms with van der Waals surface area (Å²) < 4.78 is 37.5. The Bertz CT molecular complexity index is 560. The van der Waals surface area contributed by atoms with Gasteiger partial charge in [-0.1, -0.05) is 19.1 Å². The van der Waals surface area contributed by atoms with Gasteiger partial charge in [0.05, 0.1) is 5.56 Å². The van der Waals surface area contributed by atoms with E-state index in [2.05, 4.69) is 10.6 Å². The summed E-state index contributed by atoms with van der Waals surface area (Å²) in [5.74, 6) is -0.538. The molecule has 1 aliphatic rings. The van der Waals surface area contributed by atoms with Gasteiger partial charge in [-0.05, 0) is 30.5 Å². The summed E-state index contributed by atoms with van der Waals surface area (Å²) in [6, 6.07) is 4.75. The van der Waals surface area contributed by atoms with Crippen molar-refractivity contribution >= 4 is 11.8 Å². The van der Waals surface area contributed by atoms with Crippen LogP contribution in [0.3, 0.4) is 0 Å². The van der Waals surface area contributed by atoms with Gasteiger partial charge in [-0.2, -0.15) is 13.2 Å². The van der Waals surface area contributed by atoms with Crippen molar-refractivity contribution in [1.82, 2.24) is 10.6 Å². The zero-order chi connectivity index (χ0) is 17.0. The van der Waals surface area contributed by atoms with Gasteiger partial charge in [0.1, 0.15) is 0 Å². The maximum Gasteiger partial charge on any atom is 0.416 e. The highest BCUT2D eigenvalue weighted by atomic mass is 19.4. The van der Waals surface area contributed by atoms with E-state index in [1.807, 2.05) is 0 Å². The molecule has 1 aromatic carbocycles. The molecule has 1 fully saturated rings. The summed E-state index contributed by atoms with van der Waals surface area (Å²) in [6.07, 6.45) is -3.00. The number of rotatable bonds is 4. The molecular weight excluding hydrogens is 309 g/mol. The van der Waals surface area contributed by atoms with Gasteiger partial charge in [-0.3, -0.25) is 9.59 Å². The first-order valence-electron chi connectivity index (χ1n) is 7.49. The second-order valence-corrected chi connectivity index (χ2v) is 5.85. The lowest BCUT2D eigenvalue weighted by molar-refractivity contribution is -0.137. The molecule has 0 radical (unpaired) electrons. The van der Waals surface area contributed by atoms with Crippen LogP contribution < -0.4 is 10.6 Å². The number of hydrogen-bond acceptors (Lipinski definition) is 2. The smallest absolute Gasteiger partial charge is 0.354 e. The molecule has 1 saturated heterocycles. The average molecular weight is 328 g/mol. The van der Waals surface area contributed by atoms with E-state index in [9.17, 15) is 22.8 Å². The lowest BCUT2D eigenvalue weighted by Gasteiger charge is -2.25. The molecule has 1 aromatic rings. The fraction of sp³-hybridized carbons (Fsp3) is 0.500. The van der Waals surface area contributed by atoms with E-state index in [1.165, 1.54) is 12.1 Å². The molecule has 126 valence electrons. The Morgan fingerprint density at radius 2 is 2.00 bits per heavy atom. The molecule has 0 unspecified atom stereocenters. The van der Waals surface area contributed by atoms with Gasteiger partial charge in [0, 0.05) is 24.9 Å². The third-order valence-electron chi connectivity index (χ3n) is 3.88. The van der Waals surface area contributed by atoms with Crippen LogP contribution in [0.15, 0.2) is 24.3 Å². The zero-order valence-corrected chi connectivity index (χ0v) is 12.7. The second kappa shape index (κ2) is 7.02. The lowest BCUT2D eigenvalue weighted by atomic mass is 9.98. The Morgan fingerprint density at radius 3 is 2.52 bits per heavy atom. The normalized spacial score (nSPS) is 19.8. The minimum Gasteiger partial charge on any atom is -0.354 e. The second-order valence-electron chi connectivity index (χ2n) is 5.85. The maximum atomic E-state index is 12.5. The summed E-state index contributed by atoms with van der Waals surface area (Å²) >= 11 is 0. The molecule has 0 aromatic heterocycles. The summed E-state index contributed by atoms with van der Waals surface area (Å²) in [5, 5.41) is 5.55. The van der Waals surface area contributed by atoms with Crippen molar-refractivity contribution in [2.24, 2.45) is 5.92 Å². The maximum absolute atomic E-state index is 12.5. The van der Waals surface area contributed by atoms with Crippen LogP contribution in [0.2, 0.25) is 0 Å². The molecule has 4 nitrogen and oxygen atoms in total. The molecule has 2 N–H and O–H groups in total. The molecule has 2 atom stereocenters. The van der Waals surface area contributed by atoms with Crippen LogP contribution in [0.5, 0.6) is 0 Å². The Kier molecular flexibility index (Phi) is 5.28. The Hall–Kier alpha value is -2.05. The van der Waals surface area contributed by atoms with Gasteiger partial charge < -0.3 is 10.6 Å². The molecule has 2 amide bonds. The van der Waals surface area contributed by atoms with Crippen molar-refractivity contribution in [2.45, 2.75) is 38.4 Å². The first kappa shape index (κ1) is 17.3. The van der Waals surface area contributed by atoms with Crippen LogP contribution in [-0.4, -0.2) is 24.4 Å². The molecule has 23 heavy (non-hydrogen) atoms. The van der Waals surface area contributed by atoms with E-state index in [4.69, 9.17) is 0 Å². The number of carbonyl (C=O) groups is 2. The largest absolute Gasteiger partial charge is 0.416 e. The van der Waals surface area contributed by atoms with Gasteiger partial charge >= 0.3 is 6.18 Å². The molecule has 0 aliphatic carbocycles. The molecule has 0 spiro atoms. The third-order valence-corrected chi connectivity index (χ3v) is 3.88. The monoisotopic (exact) mass is 328 g/mol. The molecule has 7 heteroatoms. The minimum absolute atomic E-state index is 0.0201. The summed E-state index contributed by atoms with van der Waals surface area (Å²) in [5.41, 5.74) is -0.0195. The van der Waals surface area contributed by atoms with Crippen LogP contribution in [0.4, 0.5) is 13.2 Å². The van der Waals surface area contributed by atoms with Crippen molar-refractivity contribution in [3.05, 3.63) is 35.4 Å². The fourth-order valence-corrected chi connectivity index (χ4v) is 2.48. The van der Waals surface area contributed by atoms with E-state index >= 15 is 0 Å². The molecule has 0 bridgehead atoms. The topological polar surface area (TPSA) is 58.2 Å². The van der Waals surface area contributed by atoms with Crippen LogP contribution in [0.1, 0.15) is 30.9 Å². The van der Waals surface area contributed by atoms with Crippen molar-refractivity contribution in [2.75, 3.05) is 6.54 Å². The highest BCUT2D eigenvalue weighted by molar-refractivity contribution is 5.80. The first-order valence-corrected chi connectivity index (χ1v) is 7.49. The SMILES string of the molecule is C[C@@H](Cc1ccc(C(F)(F)F)cc1)C(=O)N[C@@H]1CCC(=O)NC1. The number of halogens is 3. The van der Waals surface area contributed by atoms with Crippen molar-refractivity contribution in [3.63, 3.8) is 0 Å². The van der Waals surface area contributed by atoms with Crippen molar-refractivity contribution < 1.29 is 22.8 Å².